The van der Waals surface area contributed by atoms with Gasteiger partial charge in [-0.2, -0.15) is 13.5 Å². The molecule has 0 bridgehead atoms. The zero-order valence-corrected chi connectivity index (χ0v) is 23.8. The van der Waals surface area contributed by atoms with E-state index in [4.69, 9.17) is 24.5 Å². The third kappa shape index (κ3) is 8.28. The molecular weight excluding hydrogens is 553 g/mol. The number of aromatic nitrogens is 3. The van der Waals surface area contributed by atoms with Gasteiger partial charge in [0.15, 0.2) is 23.1 Å². The van der Waals surface area contributed by atoms with Crippen molar-refractivity contribution in [2.75, 3.05) is 39.1 Å². The highest BCUT2D eigenvalue weighted by Gasteiger charge is 2.15. The standard InChI is InChI=1S/C24H28FN3O3.C4H6N2O3S/c1-29-23-15-18-20(16-24(23)30-13-5-12-28-10-3-2-4-11-28)27-9-8-21(18)31-22-7-6-17(26)14-19(22)25;1-6-3-2-4(5-6)10(7,8)9/h6-9,14-16H,2-5,10-13,26H2,1H3;2-3H,1H3,(H,7,8,9). The lowest BCUT2D eigenvalue weighted by Gasteiger charge is -2.26. The first kappa shape index (κ1) is 30.0. The fourth-order valence-corrected chi connectivity index (χ4v) is 4.86. The molecule has 4 aromatic rings. The largest absolute Gasteiger partial charge is 0.493 e. The maximum Gasteiger partial charge on any atom is 0.313 e. The van der Waals surface area contributed by atoms with Crippen LogP contribution in [0.2, 0.25) is 0 Å². The van der Waals surface area contributed by atoms with Crippen molar-refractivity contribution in [2.24, 2.45) is 7.05 Å². The lowest BCUT2D eigenvalue weighted by atomic mass is 10.1. The summed E-state index contributed by atoms with van der Waals surface area (Å²) in [6.07, 6.45) is 7.92. The number of aryl methyl sites for hydroxylation is 1. The Morgan fingerprint density at radius 3 is 2.44 bits per heavy atom. The second-order valence-electron chi connectivity index (χ2n) is 9.53. The number of hydrogen-bond donors (Lipinski definition) is 2. The predicted octanol–water partition coefficient (Wildman–Crippen LogP) is 4.68. The number of pyridine rings is 1. The summed E-state index contributed by atoms with van der Waals surface area (Å²) in [6, 6.07) is 10.9. The Balaban J connectivity index is 0.000000328. The number of anilines is 1. The number of halogens is 1. The van der Waals surface area contributed by atoms with E-state index in [9.17, 15) is 12.8 Å². The van der Waals surface area contributed by atoms with E-state index in [1.807, 2.05) is 12.1 Å². The topological polar surface area (TPSA) is 142 Å². The van der Waals surface area contributed by atoms with Gasteiger partial charge in [-0.05, 0) is 62.7 Å². The number of methoxy groups -OCH3 is 1. The van der Waals surface area contributed by atoms with Crippen molar-refractivity contribution in [3.05, 3.63) is 60.7 Å². The van der Waals surface area contributed by atoms with Gasteiger partial charge in [-0.1, -0.05) is 6.42 Å². The maximum absolute atomic E-state index is 14.2. The van der Waals surface area contributed by atoms with E-state index in [0.717, 1.165) is 13.0 Å². The minimum absolute atomic E-state index is 0.0960. The quantitative estimate of drug-likeness (QED) is 0.161. The van der Waals surface area contributed by atoms with Gasteiger partial charge in [0.05, 0.1) is 19.2 Å². The van der Waals surface area contributed by atoms with E-state index >= 15 is 0 Å². The molecule has 13 heteroatoms. The van der Waals surface area contributed by atoms with Crippen LogP contribution in [0, 0.1) is 5.82 Å². The Morgan fingerprint density at radius 1 is 1.02 bits per heavy atom. The van der Waals surface area contributed by atoms with Gasteiger partial charge in [0.1, 0.15) is 5.75 Å². The van der Waals surface area contributed by atoms with Crippen LogP contribution in [0.25, 0.3) is 10.9 Å². The zero-order valence-electron chi connectivity index (χ0n) is 23.0. The number of nitrogens with two attached hydrogens (primary N) is 1. The highest BCUT2D eigenvalue weighted by Crippen LogP contribution is 2.37. The van der Waals surface area contributed by atoms with Gasteiger partial charge < -0.3 is 24.8 Å². The molecule has 0 saturated carbocycles. The molecule has 5 rings (SSSR count). The number of likely N-dealkylation sites (tertiary alicyclic amines) is 1. The highest BCUT2D eigenvalue weighted by molar-refractivity contribution is 7.85. The lowest BCUT2D eigenvalue weighted by Crippen LogP contribution is -2.31. The smallest absolute Gasteiger partial charge is 0.313 e. The molecule has 41 heavy (non-hydrogen) atoms. The molecule has 1 fully saturated rings. The first-order chi connectivity index (χ1) is 19.6. The van der Waals surface area contributed by atoms with Gasteiger partial charge in [0.2, 0.25) is 5.03 Å². The van der Waals surface area contributed by atoms with Gasteiger partial charge in [0.25, 0.3) is 0 Å². The Morgan fingerprint density at radius 2 is 1.80 bits per heavy atom. The molecule has 0 aliphatic carbocycles. The highest BCUT2D eigenvalue weighted by atomic mass is 32.2. The number of piperidine rings is 1. The SMILES string of the molecule is COc1cc2c(Oc3ccc(N)cc3F)ccnc2cc1OCCCN1CCCCC1.Cn1ccc(S(=O)(=O)O)n1. The third-order valence-corrected chi connectivity index (χ3v) is 7.19. The summed E-state index contributed by atoms with van der Waals surface area (Å²) in [7, 11) is -0.954. The van der Waals surface area contributed by atoms with E-state index in [-0.39, 0.29) is 10.8 Å². The predicted molar refractivity (Wildman–Crippen MR) is 153 cm³/mol. The Kier molecular flexibility index (Phi) is 9.97. The third-order valence-electron chi connectivity index (χ3n) is 6.44. The molecular formula is C28H34FN5O6S. The van der Waals surface area contributed by atoms with Crippen LogP contribution >= 0.6 is 0 Å². The van der Waals surface area contributed by atoms with Gasteiger partial charge in [-0.25, -0.2) is 4.39 Å². The van der Waals surface area contributed by atoms with Crippen LogP contribution in [0.1, 0.15) is 25.7 Å². The Bertz CT molecular complexity index is 1570. The number of nitrogens with zero attached hydrogens (tertiary/aromatic N) is 4. The van der Waals surface area contributed by atoms with Crippen molar-refractivity contribution in [1.29, 1.82) is 0 Å². The average molecular weight is 588 g/mol. The summed E-state index contributed by atoms with van der Waals surface area (Å²) in [4.78, 5) is 6.91. The molecule has 3 N–H and O–H groups in total. The number of hydrogen-bond acceptors (Lipinski definition) is 9. The number of rotatable bonds is 9. The van der Waals surface area contributed by atoms with Crippen LogP contribution in [0.5, 0.6) is 23.0 Å². The second-order valence-corrected chi connectivity index (χ2v) is 10.9. The molecule has 2 aromatic heterocycles. The second kappa shape index (κ2) is 13.6. The summed E-state index contributed by atoms with van der Waals surface area (Å²) in [6.45, 7) is 4.01. The monoisotopic (exact) mass is 587 g/mol. The van der Waals surface area contributed by atoms with E-state index in [1.165, 1.54) is 61.4 Å². The van der Waals surface area contributed by atoms with E-state index in [0.29, 0.717) is 40.4 Å². The van der Waals surface area contributed by atoms with Crippen molar-refractivity contribution < 1.29 is 31.6 Å². The Hall–Kier alpha value is -3.94. The molecule has 0 atom stereocenters. The first-order valence-corrected chi connectivity index (χ1v) is 14.6. The molecule has 11 nitrogen and oxygen atoms in total. The van der Waals surface area contributed by atoms with E-state index in [1.54, 1.807) is 32.5 Å². The Labute approximate surface area is 238 Å². The fourth-order valence-electron chi connectivity index (χ4n) is 4.39. The molecule has 0 radical (unpaired) electrons. The van der Waals surface area contributed by atoms with E-state index < -0.39 is 15.9 Å². The van der Waals surface area contributed by atoms with Gasteiger partial charge >= 0.3 is 10.1 Å². The zero-order chi connectivity index (χ0) is 29.4. The molecule has 220 valence electrons. The first-order valence-electron chi connectivity index (χ1n) is 13.2. The number of nitrogen functional groups attached to an aromatic ring is 1. The van der Waals surface area contributed by atoms with Crippen LogP contribution in [-0.4, -0.2) is 66.0 Å². The summed E-state index contributed by atoms with van der Waals surface area (Å²) in [5.74, 6) is 1.27. The molecule has 0 spiro atoms. The minimum Gasteiger partial charge on any atom is -0.493 e. The summed E-state index contributed by atoms with van der Waals surface area (Å²) >= 11 is 0. The molecule has 3 heterocycles. The van der Waals surface area contributed by atoms with Gasteiger partial charge in [-0.3, -0.25) is 14.2 Å². The number of benzene rings is 2. The maximum atomic E-state index is 14.2. The number of fused-ring (bicyclic) bond motifs is 1. The molecule has 0 amide bonds. The number of ether oxygens (including phenoxy) is 3. The van der Waals surface area contributed by atoms with Crippen LogP contribution in [-0.2, 0) is 17.2 Å². The van der Waals surface area contributed by atoms with Crippen molar-refractivity contribution >= 4 is 26.7 Å². The van der Waals surface area contributed by atoms with Crippen molar-refractivity contribution in [3.63, 3.8) is 0 Å². The summed E-state index contributed by atoms with van der Waals surface area (Å²) < 4.78 is 61.9. The van der Waals surface area contributed by atoms with Gasteiger partial charge in [0, 0.05) is 49.2 Å². The summed E-state index contributed by atoms with van der Waals surface area (Å²) in [5, 5.41) is 3.84. The molecule has 0 unspecified atom stereocenters. The molecule has 1 aliphatic heterocycles. The lowest BCUT2D eigenvalue weighted by molar-refractivity contribution is 0.203. The molecule has 1 saturated heterocycles. The van der Waals surface area contributed by atoms with E-state index in [2.05, 4.69) is 15.0 Å². The van der Waals surface area contributed by atoms with Crippen LogP contribution in [0.15, 0.2) is 59.9 Å². The average Bonchev–Trinajstić information content (AvgIpc) is 3.40. The normalized spacial score (nSPS) is 13.9. The van der Waals surface area contributed by atoms with Crippen LogP contribution in [0.4, 0.5) is 10.1 Å². The van der Waals surface area contributed by atoms with Crippen molar-refractivity contribution in [2.45, 2.75) is 30.7 Å². The summed E-state index contributed by atoms with van der Waals surface area (Å²) in [5.41, 5.74) is 6.64. The van der Waals surface area contributed by atoms with Crippen LogP contribution in [0.3, 0.4) is 0 Å². The van der Waals surface area contributed by atoms with Crippen molar-refractivity contribution in [3.8, 4) is 23.0 Å². The molecule has 1 aliphatic rings. The van der Waals surface area contributed by atoms with Gasteiger partial charge in [-0.15, -0.1) is 0 Å². The fraction of sp³-hybridized carbons (Fsp3) is 0.357. The minimum atomic E-state index is -4.11. The van der Waals surface area contributed by atoms with Crippen LogP contribution < -0.4 is 19.9 Å². The van der Waals surface area contributed by atoms with Crippen molar-refractivity contribution in [1.82, 2.24) is 19.7 Å². The molecule has 2 aromatic carbocycles.